The zero-order chi connectivity index (χ0) is 28.9. The molecule has 0 aromatic carbocycles. The predicted octanol–water partition coefficient (Wildman–Crippen LogP) is 6.69. The first kappa shape index (κ1) is 30.5. The van der Waals surface area contributed by atoms with E-state index in [4.69, 9.17) is 0 Å². The molecule has 0 aliphatic heterocycles. The van der Waals surface area contributed by atoms with Crippen LogP contribution in [0.25, 0.3) is 0 Å². The van der Waals surface area contributed by atoms with E-state index in [0.29, 0.717) is 35.4 Å². The maximum atomic E-state index is 12.8. The van der Waals surface area contributed by atoms with Gasteiger partial charge >= 0.3 is 0 Å². The van der Waals surface area contributed by atoms with E-state index >= 15 is 0 Å². The Balaban J connectivity index is 1.39. The number of aromatic amines is 1. The van der Waals surface area contributed by atoms with Crippen LogP contribution in [0, 0.1) is 46.3 Å². The molecule has 0 bridgehead atoms. The van der Waals surface area contributed by atoms with Crippen molar-refractivity contribution in [3.8, 4) is 0 Å². The Bertz CT molecular complexity index is 1110. The van der Waals surface area contributed by atoms with Crippen LogP contribution in [0.2, 0.25) is 0 Å². The van der Waals surface area contributed by atoms with Gasteiger partial charge in [0.15, 0.2) is 9.84 Å². The van der Waals surface area contributed by atoms with Crippen LogP contribution < -0.4 is 5.32 Å². The molecule has 4 fully saturated rings. The number of aromatic nitrogens is 2. The fourth-order valence-electron chi connectivity index (χ4n) is 10.8. The standard InChI is InChI=1S/C33H57N3O3S/c1-22(2)10-9-11-23(3)25-12-13-26-24-18-30(35-20-29(40(6,38)39)28-19-34-21-36-28)33(37)16-8-7-15-32(33,5)27(24)14-17-31(25,26)4/h19,21-27,29-30,35,37H,7-18,20H2,1-6H3,(H,34,36)/t23?,24-,25+,26-,27-,29?,30+,31+,32+,33-/m0/s1. The van der Waals surface area contributed by atoms with E-state index in [9.17, 15) is 13.5 Å². The molecule has 1 aromatic heterocycles. The molecular weight excluding hydrogens is 518 g/mol. The van der Waals surface area contributed by atoms with Crippen LogP contribution in [0.1, 0.15) is 123 Å². The zero-order valence-electron chi connectivity index (χ0n) is 26.1. The van der Waals surface area contributed by atoms with Gasteiger partial charge in [0.25, 0.3) is 0 Å². The zero-order valence-corrected chi connectivity index (χ0v) is 26.9. The molecule has 7 heteroatoms. The molecule has 228 valence electrons. The van der Waals surface area contributed by atoms with E-state index in [1.165, 1.54) is 57.6 Å². The third kappa shape index (κ3) is 5.23. The summed E-state index contributed by atoms with van der Waals surface area (Å²) in [5, 5.41) is 15.6. The number of rotatable bonds is 10. The van der Waals surface area contributed by atoms with E-state index in [0.717, 1.165) is 43.4 Å². The maximum Gasteiger partial charge on any atom is 0.157 e. The van der Waals surface area contributed by atoms with Gasteiger partial charge in [0, 0.05) is 30.5 Å². The van der Waals surface area contributed by atoms with Crippen LogP contribution in [-0.2, 0) is 9.84 Å². The van der Waals surface area contributed by atoms with Gasteiger partial charge in [-0.1, -0.05) is 66.7 Å². The van der Waals surface area contributed by atoms with Crippen molar-refractivity contribution in [1.29, 1.82) is 0 Å². The number of hydrogen-bond acceptors (Lipinski definition) is 5. The summed E-state index contributed by atoms with van der Waals surface area (Å²) in [4.78, 5) is 7.12. The van der Waals surface area contributed by atoms with Crippen LogP contribution in [0.15, 0.2) is 12.5 Å². The Labute approximate surface area is 244 Å². The van der Waals surface area contributed by atoms with Crippen molar-refractivity contribution in [1.82, 2.24) is 15.3 Å². The summed E-state index contributed by atoms with van der Waals surface area (Å²) >= 11 is 0. The van der Waals surface area contributed by atoms with Gasteiger partial charge in [0.05, 0.1) is 17.6 Å². The average Bonchev–Trinajstić information content (AvgIpc) is 3.52. The quantitative estimate of drug-likeness (QED) is 0.289. The Morgan fingerprint density at radius 1 is 1.07 bits per heavy atom. The molecule has 0 spiro atoms. The summed E-state index contributed by atoms with van der Waals surface area (Å²) < 4.78 is 25.6. The largest absolute Gasteiger partial charge is 0.388 e. The number of imidazole rings is 1. The van der Waals surface area contributed by atoms with Crippen molar-refractivity contribution >= 4 is 9.84 Å². The molecule has 4 aliphatic carbocycles. The van der Waals surface area contributed by atoms with Gasteiger partial charge in [0.2, 0.25) is 0 Å². The second-order valence-electron chi connectivity index (χ2n) is 15.5. The van der Waals surface area contributed by atoms with Crippen LogP contribution in [-0.4, -0.2) is 47.9 Å². The number of nitrogens with one attached hydrogen (secondary N) is 2. The summed E-state index contributed by atoms with van der Waals surface area (Å²) in [5.74, 6) is 4.21. The lowest BCUT2D eigenvalue weighted by Crippen LogP contribution is -2.70. The molecule has 1 heterocycles. The Morgan fingerprint density at radius 3 is 2.50 bits per heavy atom. The number of fused-ring (bicyclic) bond motifs is 5. The second kappa shape index (κ2) is 11.3. The van der Waals surface area contributed by atoms with E-state index in [-0.39, 0.29) is 11.5 Å². The topological polar surface area (TPSA) is 95.1 Å². The second-order valence-corrected chi connectivity index (χ2v) is 17.7. The van der Waals surface area contributed by atoms with Crippen molar-refractivity contribution < 1.29 is 13.5 Å². The summed E-state index contributed by atoms with van der Waals surface area (Å²) in [5.41, 5.74) is 0.0906. The minimum atomic E-state index is -3.35. The number of hydrogen-bond donors (Lipinski definition) is 3. The normalized spacial score (nSPS) is 41.2. The number of H-pyrrole nitrogens is 1. The first-order valence-electron chi connectivity index (χ1n) is 16.4. The molecule has 6 nitrogen and oxygen atoms in total. The van der Waals surface area contributed by atoms with Crippen molar-refractivity contribution in [3.63, 3.8) is 0 Å². The van der Waals surface area contributed by atoms with Gasteiger partial charge in [-0.15, -0.1) is 0 Å². The van der Waals surface area contributed by atoms with Crippen molar-refractivity contribution in [2.75, 3.05) is 12.8 Å². The molecule has 10 atom stereocenters. The van der Waals surface area contributed by atoms with E-state index in [1.54, 1.807) is 12.5 Å². The lowest BCUT2D eigenvalue weighted by Gasteiger charge is -2.66. The van der Waals surface area contributed by atoms with Gasteiger partial charge in [-0.2, -0.15) is 0 Å². The molecule has 1 aromatic rings. The maximum absolute atomic E-state index is 12.8. The van der Waals surface area contributed by atoms with Gasteiger partial charge < -0.3 is 15.4 Å². The molecule has 0 saturated heterocycles. The average molecular weight is 576 g/mol. The SMILES string of the molecule is CC(C)CCCC(C)[C@H]1CC[C@H]2[C@@H]3C[C@@H](NCC(c4cnc[nH]4)S(C)(=O)=O)[C@@]4(O)CCCC[C@]4(C)[C@H]3CC[C@]12C. The number of sulfone groups is 1. The molecule has 4 saturated carbocycles. The highest BCUT2D eigenvalue weighted by molar-refractivity contribution is 7.90. The van der Waals surface area contributed by atoms with Crippen molar-refractivity contribution in [2.24, 2.45) is 46.3 Å². The van der Waals surface area contributed by atoms with Crippen LogP contribution in [0.5, 0.6) is 0 Å². The van der Waals surface area contributed by atoms with Crippen LogP contribution in [0.4, 0.5) is 0 Å². The summed E-state index contributed by atoms with van der Waals surface area (Å²) in [6.45, 7) is 12.5. The molecule has 40 heavy (non-hydrogen) atoms. The van der Waals surface area contributed by atoms with E-state index < -0.39 is 20.7 Å². The van der Waals surface area contributed by atoms with Crippen LogP contribution >= 0.6 is 0 Å². The van der Waals surface area contributed by atoms with E-state index in [1.807, 2.05) is 0 Å². The Morgan fingerprint density at radius 2 is 1.82 bits per heavy atom. The van der Waals surface area contributed by atoms with E-state index in [2.05, 4.69) is 49.9 Å². The Kier molecular flexibility index (Phi) is 8.62. The molecule has 0 radical (unpaired) electrons. The molecule has 0 amide bonds. The fourth-order valence-corrected chi connectivity index (χ4v) is 11.8. The lowest BCUT2D eigenvalue weighted by atomic mass is 9.42. The van der Waals surface area contributed by atoms with Crippen LogP contribution in [0.3, 0.4) is 0 Å². The van der Waals surface area contributed by atoms with Gasteiger partial charge in [-0.3, -0.25) is 0 Å². The molecular formula is C33H57N3O3S. The highest BCUT2D eigenvalue weighted by atomic mass is 32.2. The smallest absolute Gasteiger partial charge is 0.157 e. The first-order valence-corrected chi connectivity index (χ1v) is 18.4. The fraction of sp³-hybridized carbons (Fsp3) is 0.909. The highest BCUT2D eigenvalue weighted by Crippen LogP contribution is 2.69. The van der Waals surface area contributed by atoms with Gasteiger partial charge in [0.1, 0.15) is 5.25 Å². The van der Waals surface area contributed by atoms with Crippen molar-refractivity contribution in [3.05, 3.63) is 18.2 Å². The lowest BCUT2D eigenvalue weighted by molar-refractivity contribution is -0.220. The number of nitrogens with zero attached hydrogens (tertiary/aromatic N) is 1. The third-order valence-electron chi connectivity index (χ3n) is 13.0. The summed E-state index contributed by atoms with van der Waals surface area (Å²) in [6, 6.07) is -0.0870. The monoisotopic (exact) mass is 575 g/mol. The van der Waals surface area contributed by atoms with Gasteiger partial charge in [-0.25, -0.2) is 13.4 Å². The molecule has 2 unspecified atom stereocenters. The first-order chi connectivity index (χ1) is 18.8. The molecule has 4 aliphatic rings. The minimum Gasteiger partial charge on any atom is -0.388 e. The minimum absolute atomic E-state index is 0.0870. The Hall–Kier alpha value is -0.920. The summed E-state index contributed by atoms with van der Waals surface area (Å²) in [7, 11) is -3.35. The predicted molar refractivity (Wildman–Crippen MR) is 162 cm³/mol. The highest BCUT2D eigenvalue weighted by Gasteiger charge is 2.66. The van der Waals surface area contributed by atoms with Gasteiger partial charge in [-0.05, 0) is 85.9 Å². The van der Waals surface area contributed by atoms with Crippen molar-refractivity contribution in [2.45, 2.75) is 129 Å². The number of aliphatic hydroxyl groups is 1. The third-order valence-corrected chi connectivity index (χ3v) is 14.4. The molecule has 5 rings (SSSR count). The molecule has 3 N–H and O–H groups in total. The summed E-state index contributed by atoms with van der Waals surface area (Å²) in [6.07, 6.45) is 18.8.